The summed E-state index contributed by atoms with van der Waals surface area (Å²) in [5.41, 5.74) is 0. The number of carbonyl (C=O) groups is 1. The van der Waals surface area contributed by atoms with Gasteiger partial charge in [-0.05, 0) is 76.7 Å². The molecule has 0 amide bonds. The minimum atomic E-state index is -4.60. The molecule has 0 fully saturated rings. The second kappa shape index (κ2) is 38.5. The molecule has 3 atom stereocenters. The molecule has 0 radical (unpaired) electrons. The summed E-state index contributed by atoms with van der Waals surface area (Å²) in [6, 6.07) is 0. The second-order valence-corrected chi connectivity index (χ2v) is 17.4. The quantitative estimate of drug-likeness (QED) is 0.0124. The Balaban J connectivity index is 4.51. The van der Waals surface area contributed by atoms with E-state index in [1.807, 2.05) is 45.4 Å². The minimum Gasteiger partial charge on any atom is -0.756 e. The average Bonchev–Trinajstić information content (AvgIpc) is 3.14. The molecule has 0 bridgehead atoms. The number of unbranched alkanes of at least 4 members (excludes halogenated alkanes) is 17. The fourth-order valence-electron chi connectivity index (χ4n) is 5.69. The number of phosphoric acid groups is 1. The number of rotatable bonds is 40. The van der Waals surface area contributed by atoms with Gasteiger partial charge < -0.3 is 33.0 Å². The number of allylic oxidation sites excluding steroid dienone is 8. The van der Waals surface area contributed by atoms with Gasteiger partial charge in [-0.2, -0.15) is 0 Å². The van der Waals surface area contributed by atoms with E-state index in [-0.39, 0.29) is 19.6 Å². The van der Waals surface area contributed by atoms with Gasteiger partial charge in [0.25, 0.3) is 7.82 Å². The monoisotopic (exact) mass is 810 g/mol. The molecule has 1 N–H and O–H groups in total. The van der Waals surface area contributed by atoms with Crippen LogP contribution in [0.25, 0.3) is 0 Å². The third-order valence-corrected chi connectivity index (χ3v) is 10.2. The lowest BCUT2D eigenvalue weighted by molar-refractivity contribution is -0.870. The first kappa shape index (κ1) is 54.0. The van der Waals surface area contributed by atoms with Crippen molar-refractivity contribution in [1.29, 1.82) is 0 Å². The molecule has 2 unspecified atom stereocenters. The average molecular weight is 810 g/mol. The van der Waals surface area contributed by atoms with Crippen LogP contribution in [0.2, 0.25) is 0 Å². The van der Waals surface area contributed by atoms with Crippen molar-refractivity contribution in [1.82, 2.24) is 0 Å². The number of aliphatic hydroxyl groups is 1. The van der Waals surface area contributed by atoms with Crippen molar-refractivity contribution < 1.29 is 42.4 Å². The van der Waals surface area contributed by atoms with Gasteiger partial charge in [-0.1, -0.05) is 140 Å². The Morgan fingerprint density at radius 1 is 0.679 bits per heavy atom. The lowest BCUT2D eigenvalue weighted by Crippen LogP contribution is -2.37. The summed E-state index contributed by atoms with van der Waals surface area (Å²) in [6.45, 7) is 4.48. The van der Waals surface area contributed by atoms with Gasteiger partial charge in [0.15, 0.2) is 6.10 Å². The first-order valence-corrected chi connectivity index (χ1v) is 23.6. The zero-order valence-electron chi connectivity index (χ0n) is 36.4. The van der Waals surface area contributed by atoms with Gasteiger partial charge in [0.1, 0.15) is 19.8 Å². The van der Waals surface area contributed by atoms with Crippen LogP contribution in [0.3, 0.4) is 0 Å². The molecule has 0 saturated carbocycles. The van der Waals surface area contributed by atoms with Crippen LogP contribution in [0.5, 0.6) is 0 Å². The molecule has 326 valence electrons. The Bertz CT molecular complexity index is 1100. The van der Waals surface area contributed by atoms with E-state index in [0.29, 0.717) is 23.9 Å². The van der Waals surface area contributed by atoms with Gasteiger partial charge in [0.05, 0.1) is 40.1 Å². The highest BCUT2D eigenvalue weighted by molar-refractivity contribution is 7.45. The molecule has 0 aromatic rings. The van der Waals surface area contributed by atoms with E-state index in [4.69, 9.17) is 18.5 Å². The van der Waals surface area contributed by atoms with Crippen LogP contribution < -0.4 is 4.89 Å². The number of aliphatic hydroxyl groups excluding tert-OH is 1. The van der Waals surface area contributed by atoms with Crippen LogP contribution >= 0.6 is 7.82 Å². The van der Waals surface area contributed by atoms with Crippen molar-refractivity contribution in [3.05, 3.63) is 60.9 Å². The Morgan fingerprint density at radius 3 is 1.79 bits per heavy atom. The molecular formula is C46H84NO8P. The molecule has 0 aliphatic heterocycles. The highest BCUT2D eigenvalue weighted by atomic mass is 31.2. The van der Waals surface area contributed by atoms with Crippen molar-refractivity contribution in [2.24, 2.45) is 0 Å². The standard InChI is InChI=1S/C46H84NO8P/c1-6-8-10-12-14-16-18-20-21-22-24-26-28-30-32-34-40-52-42-45(43-54-56(50,51)53-41-39-47(3,4)5)55-46(49)38-35-37-44(48)36-33-31-29-27-25-23-19-17-15-13-11-9-7-2/h20-21,23,25,29,31,33-34,36,40,44-45,48H,6-19,22,24,26-28,30,32,35,37-39,41-43H2,1-5H3/b21-20-,25-23+,31-29+,36-33+,40-34+/t44?,45-/m1/s1. The summed E-state index contributed by atoms with van der Waals surface area (Å²) in [7, 11) is 1.20. The minimum absolute atomic E-state index is 0.0210. The van der Waals surface area contributed by atoms with E-state index >= 15 is 0 Å². The molecule has 0 aliphatic rings. The molecular weight excluding hydrogens is 725 g/mol. The number of hydrogen-bond donors (Lipinski definition) is 1. The zero-order valence-corrected chi connectivity index (χ0v) is 37.3. The highest BCUT2D eigenvalue weighted by Crippen LogP contribution is 2.38. The van der Waals surface area contributed by atoms with Crippen LogP contribution in [-0.2, 0) is 27.9 Å². The predicted octanol–water partition coefficient (Wildman–Crippen LogP) is 11.6. The van der Waals surface area contributed by atoms with Gasteiger partial charge in [-0.15, -0.1) is 0 Å². The number of ether oxygens (including phenoxy) is 2. The molecule has 0 saturated heterocycles. The molecule has 0 spiro atoms. The Hall–Kier alpha value is -2.00. The number of phosphoric ester groups is 1. The SMILES string of the molecule is CCCCCCCC/C=C\CCCCCC/C=C/OC[C@H](COP(=O)([O-])OCC[N+](C)(C)C)OC(=O)CCCC(O)/C=C/C=C/C/C=C/CCCCCCCC. The van der Waals surface area contributed by atoms with Crippen molar-refractivity contribution in [2.45, 2.75) is 180 Å². The molecule has 0 aromatic carbocycles. The first-order chi connectivity index (χ1) is 27.0. The van der Waals surface area contributed by atoms with Gasteiger partial charge in [0, 0.05) is 6.42 Å². The molecule has 0 heterocycles. The van der Waals surface area contributed by atoms with Crippen LogP contribution in [-0.4, -0.2) is 75.3 Å². The lowest BCUT2D eigenvalue weighted by atomic mass is 10.1. The maximum absolute atomic E-state index is 12.7. The Kier molecular flexibility index (Phi) is 37.1. The van der Waals surface area contributed by atoms with E-state index in [0.717, 1.165) is 38.5 Å². The number of quaternary nitrogens is 1. The number of carbonyl (C=O) groups excluding carboxylic acids is 1. The predicted molar refractivity (Wildman–Crippen MR) is 232 cm³/mol. The van der Waals surface area contributed by atoms with Crippen molar-refractivity contribution in [2.75, 3.05) is 47.5 Å². The number of hydrogen-bond acceptors (Lipinski definition) is 8. The molecule has 56 heavy (non-hydrogen) atoms. The topological polar surface area (TPSA) is 114 Å². The second-order valence-electron chi connectivity index (χ2n) is 16.0. The molecule has 10 heteroatoms. The molecule has 0 rings (SSSR count). The fourth-order valence-corrected chi connectivity index (χ4v) is 6.42. The van der Waals surface area contributed by atoms with E-state index < -0.39 is 32.6 Å². The van der Waals surface area contributed by atoms with Crippen molar-refractivity contribution >= 4 is 13.8 Å². The summed E-state index contributed by atoms with van der Waals surface area (Å²) in [4.78, 5) is 25.0. The summed E-state index contributed by atoms with van der Waals surface area (Å²) >= 11 is 0. The third kappa shape index (κ3) is 41.6. The van der Waals surface area contributed by atoms with Gasteiger partial charge in [-0.25, -0.2) is 0 Å². The van der Waals surface area contributed by atoms with E-state index in [1.54, 1.807) is 12.3 Å². The fraction of sp³-hybridized carbons (Fsp3) is 0.761. The normalized spacial score (nSPS) is 14.8. The van der Waals surface area contributed by atoms with Gasteiger partial charge in [-0.3, -0.25) is 9.36 Å². The van der Waals surface area contributed by atoms with Gasteiger partial charge in [0.2, 0.25) is 0 Å². The summed E-state index contributed by atoms with van der Waals surface area (Å²) < 4.78 is 34.1. The third-order valence-electron chi connectivity index (χ3n) is 9.21. The number of likely N-dealkylation sites (N-methyl/N-ethyl adjacent to an activating group) is 1. The maximum Gasteiger partial charge on any atom is 0.306 e. The first-order valence-electron chi connectivity index (χ1n) is 22.2. The largest absolute Gasteiger partial charge is 0.756 e. The lowest BCUT2D eigenvalue weighted by Gasteiger charge is -2.28. The number of nitrogens with zero attached hydrogens (tertiary/aromatic N) is 1. The summed E-state index contributed by atoms with van der Waals surface area (Å²) in [5.74, 6) is -0.515. The van der Waals surface area contributed by atoms with Gasteiger partial charge >= 0.3 is 5.97 Å². The highest BCUT2D eigenvalue weighted by Gasteiger charge is 2.20. The molecule has 0 aromatic heterocycles. The summed E-state index contributed by atoms with van der Waals surface area (Å²) in [6.07, 6.45) is 45.0. The Morgan fingerprint density at radius 2 is 1.21 bits per heavy atom. The van der Waals surface area contributed by atoms with E-state index in [9.17, 15) is 19.4 Å². The molecule has 9 nitrogen and oxygen atoms in total. The number of esters is 1. The van der Waals surface area contributed by atoms with Crippen LogP contribution in [0.15, 0.2) is 60.9 Å². The summed E-state index contributed by atoms with van der Waals surface area (Å²) in [5, 5.41) is 10.3. The van der Waals surface area contributed by atoms with E-state index in [1.165, 1.54) is 96.3 Å². The van der Waals surface area contributed by atoms with E-state index in [2.05, 4.69) is 38.2 Å². The van der Waals surface area contributed by atoms with Crippen molar-refractivity contribution in [3.63, 3.8) is 0 Å². The van der Waals surface area contributed by atoms with Crippen LogP contribution in [0.1, 0.15) is 168 Å². The maximum atomic E-state index is 12.7. The molecule has 0 aliphatic carbocycles. The van der Waals surface area contributed by atoms with Crippen LogP contribution in [0, 0.1) is 0 Å². The van der Waals surface area contributed by atoms with Crippen molar-refractivity contribution in [3.8, 4) is 0 Å². The zero-order chi connectivity index (χ0) is 41.4. The Labute approximate surface area is 343 Å². The smallest absolute Gasteiger partial charge is 0.306 e. The van der Waals surface area contributed by atoms with Crippen LogP contribution in [0.4, 0.5) is 0 Å².